The second-order valence-corrected chi connectivity index (χ2v) is 8.23. The Labute approximate surface area is 181 Å². The summed E-state index contributed by atoms with van der Waals surface area (Å²) in [5, 5.41) is 9.68. The standard InChI is InChI=1S/C21H21N3O6S/c1-13-10-15(25)19-17(29-13)11-16-14(2-6-27-16)20(19)28-12-18-22-23-21(30-18)31-9-5-24-3-7-26-8-4-24/h2,6,10-11H,3-5,7-9,12H2,1H3. The Bertz CT molecular complexity index is 1260. The molecule has 5 rings (SSSR count). The topological polar surface area (TPSA) is 104 Å². The van der Waals surface area contributed by atoms with Crippen molar-refractivity contribution in [2.75, 3.05) is 38.6 Å². The van der Waals surface area contributed by atoms with E-state index in [1.54, 1.807) is 25.3 Å². The zero-order valence-electron chi connectivity index (χ0n) is 17.0. The van der Waals surface area contributed by atoms with E-state index in [4.69, 9.17) is 22.7 Å². The Balaban J connectivity index is 1.30. The highest BCUT2D eigenvalue weighted by Gasteiger charge is 2.18. The van der Waals surface area contributed by atoms with E-state index in [9.17, 15) is 4.79 Å². The van der Waals surface area contributed by atoms with Gasteiger partial charge in [0.05, 0.1) is 24.9 Å². The first-order chi connectivity index (χ1) is 15.2. The van der Waals surface area contributed by atoms with Crippen molar-refractivity contribution in [3.8, 4) is 5.75 Å². The van der Waals surface area contributed by atoms with E-state index < -0.39 is 0 Å². The molecule has 0 amide bonds. The summed E-state index contributed by atoms with van der Waals surface area (Å²) < 4.78 is 28.2. The summed E-state index contributed by atoms with van der Waals surface area (Å²) in [5.74, 6) is 2.08. The minimum absolute atomic E-state index is 0.0315. The molecule has 4 aromatic rings. The minimum atomic E-state index is -0.179. The van der Waals surface area contributed by atoms with Crippen molar-refractivity contribution in [1.29, 1.82) is 0 Å². The Morgan fingerprint density at radius 1 is 1.16 bits per heavy atom. The fourth-order valence-corrected chi connectivity index (χ4v) is 4.33. The van der Waals surface area contributed by atoms with Crippen molar-refractivity contribution in [2.45, 2.75) is 18.8 Å². The first-order valence-corrected chi connectivity index (χ1v) is 11.0. The molecule has 1 aliphatic rings. The van der Waals surface area contributed by atoms with Gasteiger partial charge in [0.1, 0.15) is 28.1 Å². The molecular formula is C21H21N3O6S. The predicted molar refractivity (Wildman–Crippen MR) is 114 cm³/mol. The molecule has 4 heterocycles. The van der Waals surface area contributed by atoms with Crippen LogP contribution in [-0.4, -0.2) is 53.7 Å². The second kappa shape index (κ2) is 8.74. The van der Waals surface area contributed by atoms with Gasteiger partial charge >= 0.3 is 0 Å². The van der Waals surface area contributed by atoms with Crippen molar-refractivity contribution in [3.63, 3.8) is 0 Å². The molecule has 0 N–H and O–H groups in total. The number of fused-ring (bicyclic) bond motifs is 2. The maximum absolute atomic E-state index is 12.6. The molecule has 1 aliphatic heterocycles. The molecule has 3 aromatic heterocycles. The molecular weight excluding hydrogens is 422 g/mol. The van der Waals surface area contributed by atoms with Gasteiger partial charge in [0.25, 0.3) is 11.1 Å². The molecule has 1 fully saturated rings. The van der Waals surface area contributed by atoms with Crippen LogP contribution in [-0.2, 0) is 11.3 Å². The number of aryl methyl sites for hydroxylation is 1. The smallest absolute Gasteiger partial charge is 0.276 e. The summed E-state index contributed by atoms with van der Waals surface area (Å²) >= 11 is 1.51. The molecule has 0 unspecified atom stereocenters. The molecule has 162 valence electrons. The zero-order valence-corrected chi connectivity index (χ0v) is 17.8. The van der Waals surface area contributed by atoms with Gasteiger partial charge in [-0.25, -0.2) is 0 Å². The Morgan fingerprint density at radius 2 is 2.03 bits per heavy atom. The van der Waals surface area contributed by atoms with E-state index in [0.717, 1.165) is 38.6 Å². The van der Waals surface area contributed by atoms with Crippen LogP contribution in [0.1, 0.15) is 11.7 Å². The zero-order chi connectivity index (χ0) is 21.2. The van der Waals surface area contributed by atoms with Gasteiger partial charge in [-0.2, -0.15) is 0 Å². The molecule has 31 heavy (non-hydrogen) atoms. The first-order valence-electron chi connectivity index (χ1n) is 10.00. The summed E-state index contributed by atoms with van der Waals surface area (Å²) in [4.78, 5) is 15.0. The molecule has 1 saturated heterocycles. The van der Waals surface area contributed by atoms with E-state index in [1.165, 1.54) is 17.8 Å². The number of morpholine rings is 1. The minimum Gasteiger partial charge on any atom is -0.482 e. The van der Waals surface area contributed by atoms with E-state index in [2.05, 4.69) is 15.1 Å². The van der Waals surface area contributed by atoms with Gasteiger partial charge in [0.15, 0.2) is 12.0 Å². The highest BCUT2D eigenvalue weighted by molar-refractivity contribution is 7.99. The molecule has 1 aromatic carbocycles. The second-order valence-electron chi connectivity index (χ2n) is 7.19. The average molecular weight is 443 g/mol. The van der Waals surface area contributed by atoms with Crippen LogP contribution in [0.2, 0.25) is 0 Å². The number of rotatable bonds is 7. The lowest BCUT2D eigenvalue weighted by Crippen LogP contribution is -2.37. The third-order valence-electron chi connectivity index (χ3n) is 5.05. The van der Waals surface area contributed by atoms with Crippen LogP contribution in [0.5, 0.6) is 5.75 Å². The summed E-state index contributed by atoms with van der Waals surface area (Å²) in [5.41, 5.74) is 0.801. The lowest BCUT2D eigenvalue weighted by molar-refractivity contribution is 0.0410. The van der Waals surface area contributed by atoms with E-state index in [0.29, 0.717) is 44.6 Å². The third kappa shape index (κ3) is 4.32. The number of nitrogens with zero attached hydrogens (tertiary/aromatic N) is 3. The number of thioether (sulfide) groups is 1. The van der Waals surface area contributed by atoms with Crippen molar-refractivity contribution in [2.24, 2.45) is 0 Å². The van der Waals surface area contributed by atoms with E-state index in [1.807, 2.05) is 0 Å². The number of benzene rings is 1. The maximum atomic E-state index is 12.6. The Hall–Kier alpha value is -2.82. The van der Waals surface area contributed by atoms with E-state index in [-0.39, 0.29) is 12.0 Å². The Morgan fingerprint density at radius 3 is 2.90 bits per heavy atom. The summed E-state index contributed by atoms with van der Waals surface area (Å²) in [6, 6.07) is 4.89. The van der Waals surface area contributed by atoms with Crippen molar-refractivity contribution in [1.82, 2.24) is 15.1 Å². The Kier molecular flexibility index (Phi) is 5.66. The van der Waals surface area contributed by atoms with Crippen LogP contribution in [0.15, 0.2) is 47.7 Å². The largest absolute Gasteiger partial charge is 0.482 e. The molecule has 9 nitrogen and oxygen atoms in total. The maximum Gasteiger partial charge on any atom is 0.276 e. The van der Waals surface area contributed by atoms with Gasteiger partial charge < -0.3 is 22.7 Å². The highest BCUT2D eigenvalue weighted by Crippen LogP contribution is 2.34. The molecule has 0 bridgehead atoms. The molecule has 0 spiro atoms. The predicted octanol–water partition coefficient (Wildman–Crippen LogP) is 3.23. The summed E-state index contributed by atoms with van der Waals surface area (Å²) in [7, 11) is 0. The number of hydrogen-bond acceptors (Lipinski definition) is 10. The number of hydrogen-bond donors (Lipinski definition) is 0. The lowest BCUT2D eigenvalue weighted by atomic mass is 10.1. The number of aromatic nitrogens is 2. The molecule has 0 radical (unpaired) electrons. The first kappa shape index (κ1) is 20.1. The summed E-state index contributed by atoms with van der Waals surface area (Å²) in [6.45, 7) is 6.15. The monoisotopic (exact) mass is 443 g/mol. The molecule has 0 saturated carbocycles. The number of furan rings is 1. The van der Waals surface area contributed by atoms with Crippen LogP contribution >= 0.6 is 11.8 Å². The van der Waals surface area contributed by atoms with Gasteiger partial charge in [0.2, 0.25) is 0 Å². The van der Waals surface area contributed by atoms with Gasteiger partial charge in [-0.3, -0.25) is 9.69 Å². The van der Waals surface area contributed by atoms with Crippen molar-refractivity contribution < 1.29 is 22.7 Å². The summed E-state index contributed by atoms with van der Waals surface area (Å²) in [6.07, 6.45) is 1.55. The lowest BCUT2D eigenvalue weighted by Gasteiger charge is -2.25. The SMILES string of the molecule is Cc1cc(=O)c2c(OCc3nnc(SCCN4CCOCC4)o3)c3ccoc3cc2o1. The van der Waals surface area contributed by atoms with Gasteiger partial charge in [-0.05, 0) is 13.0 Å². The van der Waals surface area contributed by atoms with Gasteiger partial charge in [-0.15, -0.1) is 10.2 Å². The average Bonchev–Trinajstić information content (AvgIpc) is 3.41. The van der Waals surface area contributed by atoms with Crippen molar-refractivity contribution >= 4 is 33.7 Å². The van der Waals surface area contributed by atoms with E-state index >= 15 is 0 Å². The van der Waals surface area contributed by atoms with Crippen LogP contribution in [0.25, 0.3) is 21.9 Å². The fraction of sp³-hybridized carbons (Fsp3) is 0.381. The highest BCUT2D eigenvalue weighted by atomic mass is 32.2. The van der Waals surface area contributed by atoms with Crippen LogP contribution in [0.3, 0.4) is 0 Å². The van der Waals surface area contributed by atoms with Crippen LogP contribution in [0.4, 0.5) is 0 Å². The quantitative estimate of drug-likeness (QED) is 0.395. The normalized spacial score (nSPS) is 15.1. The van der Waals surface area contributed by atoms with Crippen molar-refractivity contribution in [3.05, 3.63) is 46.3 Å². The van der Waals surface area contributed by atoms with Gasteiger partial charge in [0, 0.05) is 37.5 Å². The fourth-order valence-electron chi connectivity index (χ4n) is 3.56. The van der Waals surface area contributed by atoms with Gasteiger partial charge in [-0.1, -0.05) is 11.8 Å². The molecule has 10 heteroatoms. The third-order valence-corrected chi connectivity index (χ3v) is 5.85. The van der Waals surface area contributed by atoms with Crippen LogP contribution in [0, 0.1) is 6.92 Å². The molecule has 0 atom stereocenters. The number of ether oxygens (including phenoxy) is 2. The van der Waals surface area contributed by atoms with Crippen LogP contribution < -0.4 is 10.2 Å². The molecule has 0 aliphatic carbocycles.